The molecule has 1 N–H and O–H groups in total. The minimum Gasteiger partial charge on any atom is -0.494 e. The number of aryl methyl sites for hydroxylation is 1. The van der Waals surface area contributed by atoms with Gasteiger partial charge in [-0.25, -0.2) is 4.79 Å². The fraction of sp³-hybridized carbons (Fsp3) is 0.200. The van der Waals surface area contributed by atoms with E-state index in [0.29, 0.717) is 22.7 Å². The Morgan fingerprint density at radius 3 is 2.32 bits per heavy atom. The van der Waals surface area contributed by atoms with E-state index in [1.807, 2.05) is 38.1 Å². The van der Waals surface area contributed by atoms with Crippen molar-refractivity contribution >= 4 is 40.0 Å². The highest BCUT2D eigenvalue weighted by Gasteiger charge is 2.25. The van der Waals surface area contributed by atoms with Gasteiger partial charge in [0.15, 0.2) is 0 Å². The van der Waals surface area contributed by atoms with Crippen molar-refractivity contribution in [3.05, 3.63) is 80.7 Å². The normalized spacial score (nSPS) is 10.8. The summed E-state index contributed by atoms with van der Waals surface area (Å²) in [5.74, 6) is -0.238. The number of carbonyl (C=O) groups is 2. The van der Waals surface area contributed by atoms with E-state index < -0.39 is 16.8 Å². The van der Waals surface area contributed by atoms with Crippen LogP contribution in [0.4, 0.5) is 10.7 Å². The van der Waals surface area contributed by atoms with Gasteiger partial charge in [0, 0.05) is 28.6 Å². The third kappa shape index (κ3) is 5.87. The maximum atomic E-state index is 12.8. The van der Waals surface area contributed by atoms with Crippen LogP contribution in [-0.4, -0.2) is 30.0 Å². The standard InChI is InChI=1S/C25H24N2O6S/c1-4-32-20-13-6-17(7-14-20)8-15-21(28)26-24-23(25(29)33-5-2)22(16(3)34-24)18-9-11-19(12-10-18)27(30)31/h6-15H,4-5H2,1-3H3,(H,26,28). The molecule has 0 saturated carbocycles. The molecule has 8 nitrogen and oxygen atoms in total. The SMILES string of the molecule is CCOC(=O)c1c(NC(=O)C=Cc2ccc(OCC)cc2)sc(C)c1-c1ccc([N+](=O)[O-])cc1. The molecule has 0 aliphatic heterocycles. The number of esters is 1. The first kappa shape index (κ1) is 24.7. The van der Waals surface area contributed by atoms with Gasteiger partial charge in [-0.15, -0.1) is 11.3 Å². The predicted octanol–water partition coefficient (Wildman–Crippen LogP) is 5.86. The van der Waals surface area contributed by atoms with E-state index in [4.69, 9.17) is 9.47 Å². The average Bonchev–Trinajstić information content (AvgIpc) is 3.14. The molecular weight excluding hydrogens is 456 g/mol. The van der Waals surface area contributed by atoms with Gasteiger partial charge in [0.2, 0.25) is 5.91 Å². The number of hydrogen-bond donors (Lipinski definition) is 1. The molecule has 0 spiro atoms. The van der Waals surface area contributed by atoms with Crippen LogP contribution in [0.3, 0.4) is 0 Å². The molecule has 0 aliphatic rings. The minimum atomic E-state index is -0.578. The summed E-state index contributed by atoms with van der Waals surface area (Å²) in [6, 6.07) is 13.2. The highest BCUT2D eigenvalue weighted by molar-refractivity contribution is 7.17. The van der Waals surface area contributed by atoms with Crippen molar-refractivity contribution in [2.24, 2.45) is 0 Å². The van der Waals surface area contributed by atoms with E-state index >= 15 is 0 Å². The predicted molar refractivity (Wildman–Crippen MR) is 132 cm³/mol. The Balaban J connectivity index is 1.88. The van der Waals surface area contributed by atoms with Crippen LogP contribution in [0.1, 0.15) is 34.6 Å². The van der Waals surface area contributed by atoms with E-state index in [0.717, 1.165) is 16.2 Å². The molecule has 176 valence electrons. The summed E-state index contributed by atoms with van der Waals surface area (Å²) in [4.78, 5) is 36.7. The summed E-state index contributed by atoms with van der Waals surface area (Å²) in [6.45, 7) is 6.15. The maximum absolute atomic E-state index is 12.8. The van der Waals surface area contributed by atoms with E-state index in [1.165, 1.54) is 29.5 Å². The number of nitrogens with one attached hydrogen (secondary N) is 1. The average molecular weight is 481 g/mol. The quantitative estimate of drug-likeness (QED) is 0.178. The summed E-state index contributed by atoms with van der Waals surface area (Å²) in [5, 5.41) is 14.1. The van der Waals surface area contributed by atoms with Crippen molar-refractivity contribution in [2.45, 2.75) is 20.8 Å². The zero-order valence-electron chi connectivity index (χ0n) is 19.0. The monoisotopic (exact) mass is 480 g/mol. The largest absolute Gasteiger partial charge is 0.494 e. The zero-order valence-corrected chi connectivity index (χ0v) is 19.8. The first-order valence-electron chi connectivity index (χ1n) is 10.6. The van der Waals surface area contributed by atoms with Crippen LogP contribution in [0, 0.1) is 17.0 Å². The topological polar surface area (TPSA) is 108 Å². The molecule has 0 unspecified atom stereocenters. The highest BCUT2D eigenvalue weighted by Crippen LogP contribution is 2.40. The van der Waals surface area contributed by atoms with Crippen molar-refractivity contribution in [3.8, 4) is 16.9 Å². The number of nitro benzene ring substituents is 1. The Hall–Kier alpha value is -3.98. The number of nitro groups is 1. The van der Waals surface area contributed by atoms with Crippen LogP contribution in [-0.2, 0) is 9.53 Å². The Bertz CT molecular complexity index is 1210. The van der Waals surface area contributed by atoms with Gasteiger partial charge in [-0.3, -0.25) is 14.9 Å². The number of amides is 1. The van der Waals surface area contributed by atoms with Crippen LogP contribution >= 0.6 is 11.3 Å². The van der Waals surface area contributed by atoms with Gasteiger partial charge >= 0.3 is 5.97 Å². The van der Waals surface area contributed by atoms with E-state index in [-0.39, 0.29) is 17.9 Å². The summed E-state index contributed by atoms with van der Waals surface area (Å²) in [6.07, 6.45) is 3.04. The molecule has 34 heavy (non-hydrogen) atoms. The molecule has 9 heteroatoms. The smallest absolute Gasteiger partial charge is 0.341 e. The number of non-ortho nitro benzene ring substituents is 1. The summed E-state index contributed by atoms with van der Waals surface area (Å²) in [7, 11) is 0. The van der Waals surface area contributed by atoms with E-state index in [2.05, 4.69) is 5.32 Å². The molecule has 3 rings (SSSR count). The summed E-state index contributed by atoms with van der Waals surface area (Å²) < 4.78 is 10.6. The second-order valence-corrected chi connectivity index (χ2v) is 8.31. The van der Waals surface area contributed by atoms with Crippen molar-refractivity contribution < 1.29 is 24.0 Å². The van der Waals surface area contributed by atoms with Crippen LogP contribution in [0.2, 0.25) is 0 Å². The number of anilines is 1. The number of benzene rings is 2. The van der Waals surface area contributed by atoms with Gasteiger partial charge in [-0.05, 0) is 62.2 Å². The van der Waals surface area contributed by atoms with E-state index in [1.54, 1.807) is 25.1 Å². The van der Waals surface area contributed by atoms with Gasteiger partial charge in [0.1, 0.15) is 16.3 Å². The number of carbonyl (C=O) groups excluding carboxylic acids is 2. The van der Waals surface area contributed by atoms with Crippen molar-refractivity contribution in [1.82, 2.24) is 0 Å². The molecule has 2 aromatic carbocycles. The molecule has 0 radical (unpaired) electrons. The lowest BCUT2D eigenvalue weighted by Crippen LogP contribution is -2.12. The number of rotatable bonds is 9. The van der Waals surface area contributed by atoms with Gasteiger partial charge in [0.25, 0.3) is 5.69 Å². The molecule has 3 aromatic rings. The van der Waals surface area contributed by atoms with Gasteiger partial charge in [-0.2, -0.15) is 0 Å². The van der Waals surface area contributed by atoms with Crippen LogP contribution in [0.5, 0.6) is 5.75 Å². The van der Waals surface area contributed by atoms with Crippen molar-refractivity contribution in [2.75, 3.05) is 18.5 Å². The first-order valence-corrected chi connectivity index (χ1v) is 11.4. The third-order valence-corrected chi connectivity index (χ3v) is 5.81. The van der Waals surface area contributed by atoms with E-state index in [9.17, 15) is 19.7 Å². The number of ether oxygens (including phenoxy) is 2. The first-order chi connectivity index (χ1) is 16.3. The Morgan fingerprint density at radius 2 is 1.74 bits per heavy atom. The second kappa shape index (κ2) is 11.2. The highest BCUT2D eigenvalue weighted by atomic mass is 32.1. The lowest BCUT2D eigenvalue weighted by molar-refractivity contribution is -0.384. The van der Waals surface area contributed by atoms with Crippen molar-refractivity contribution in [3.63, 3.8) is 0 Å². The maximum Gasteiger partial charge on any atom is 0.341 e. The summed E-state index contributed by atoms with van der Waals surface area (Å²) in [5.41, 5.74) is 2.18. The lowest BCUT2D eigenvalue weighted by Gasteiger charge is -2.08. The van der Waals surface area contributed by atoms with Gasteiger partial charge < -0.3 is 14.8 Å². The number of thiophene rings is 1. The third-order valence-electron chi connectivity index (χ3n) is 4.79. The van der Waals surface area contributed by atoms with Gasteiger partial charge in [0.05, 0.1) is 18.1 Å². The number of hydrogen-bond acceptors (Lipinski definition) is 7. The summed E-state index contributed by atoms with van der Waals surface area (Å²) >= 11 is 1.24. The molecule has 1 amide bonds. The van der Waals surface area contributed by atoms with Crippen molar-refractivity contribution in [1.29, 1.82) is 0 Å². The van der Waals surface area contributed by atoms with Crippen LogP contribution in [0.25, 0.3) is 17.2 Å². The van der Waals surface area contributed by atoms with Crippen LogP contribution < -0.4 is 10.1 Å². The second-order valence-electron chi connectivity index (χ2n) is 7.09. The fourth-order valence-corrected chi connectivity index (χ4v) is 4.36. The Kier molecular flexibility index (Phi) is 8.15. The van der Waals surface area contributed by atoms with Gasteiger partial charge in [-0.1, -0.05) is 12.1 Å². The molecule has 0 bridgehead atoms. The minimum absolute atomic E-state index is 0.0535. The molecule has 0 aliphatic carbocycles. The molecular formula is C25H24N2O6S. The zero-order chi connectivity index (χ0) is 24.7. The molecule has 1 heterocycles. The molecule has 0 fully saturated rings. The van der Waals surface area contributed by atoms with Crippen LogP contribution in [0.15, 0.2) is 54.6 Å². The Morgan fingerprint density at radius 1 is 1.06 bits per heavy atom. The molecule has 1 aromatic heterocycles. The lowest BCUT2D eigenvalue weighted by atomic mass is 10.0. The Labute approximate surface area is 201 Å². The molecule has 0 atom stereocenters. The molecule has 0 saturated heterocycles. The fourth-order valence-electron chi connectivity index (χ4n) is 3.30. The number of nitrogens with zero attached hydrogens (tertiary/aromatic N) is 1.